The molecule has 2 aromatic rings. The molecule has 0 aliphatic carbocycles. The zero-order valence-corrected chi connectivity index (χ0v) is 11.5. The number of anilines is 1. The van der Waals surface area contributed by atoms with Gasteiger partial charge in [-0.25, -0.2) is 4.98 Å². The van der Waals surface area contributed by atoms with Gasteiger partial charge in [-0.05, 0) is 30.5 Å². The molecule has 0 aliphatic rings. The van der Waals surface area contributed by atoms with Crippen molar-refractivity contribution in [3.8, 4) is 0 Å². The molecule has 0 spiro atoms. The summed E-state index contributed by atoms with van der Waals surface area (Å²) in [5.74, 6) is 0.961. The highest BCUT2D eigenvalue weighted by atomic mass is 16.2. The Hall–Kier alpha value is -1.87. The lowest BCUT2D eigenvalue weighted by Crippen LogP contribution is -2.18. The predicted molar refractivity (Wildman–Crippen MR) is 78.3 cm³/mol. The predicted octanol–water partition coefficient (Wildman–Crippen LogP) is 2.56. The zero-order chi connectivity index (χ0) is 13.7. The van der Waals surface area contributed by atoms with Gasteiger partial charge in [-0.3, -0.25) is 0 Å². The lowest BCUT2D eigenvalue weighted by atomic mass is 10.1. The van der Waals surface area contributed by atoms with E-state index in [1.165, 1.54) is 5.56 Å². The molecule has 3 nitrogen and oxygen atoms in total. The van der Waals surface area contributed by atoms with Crippen LogP contribution in [0.15, 0.2) is 42.5 Å². The molecule has 0 saturated heterocycles. The van der Waals surface area contributed by atoms with Gasteiger partial charge in [0, 0.05) is 25.9 Å². The molecule has 3 heteroatoms. The van der Waals surface area contributed by atoms with E-state index in [-0.39, 0.29) is 6.61 Å². The van der Waals surface area contributed by atoms with Crippen LogP contribution in [0.4, 0.5) is 5.82 Å². The molecule has 0 radical (unpaired) electrons. The Morgan fingerprint density at radius 2 is 1.84 bits per heavy atom. The maximum Gasteiger partial charge on any atom is 0.128 e. The molecule has 0 amide bonds. The molecule has 1 aromatic carbocycles. The SMILES string of the molecule is Cc1nc(N(C)Cc2ccccc2)ccc1CCO. The van der Waals surface area contributed by atoms with E-state index < -0.39 is 0 Å². The Bertz CT molecular complexity index is 526. The second-order valence-electron chi connectivity index (χ2n) is 4.73. The third-order valence-corrected chi connectivity index (χ3v) is 3.22. The highest BCUT2D eigenvalue weighted by molar-refractivity contribution is 5.41. The van der Waals surface area contributed by atoms with Gasteiger partial charge < -0.3 is 10.0 Å². The van der Waals surface area contributed by atoms with Crippen molar-refractivity contribution in [2.75, 3.05) is 18.6 Å². The van der Waals surface area contributed by atoms with Crippen molar-refractivity contribution >= 4 is 5.82 Å². The number of aliphatic hydroxyl groups is 1. The molecule has 0 unspecified atom stereocenters. The maximum atomic E-state index is 8.98. The van der Waals surface area contributed by atoms with Gasteiger partial charge in [-0.2, -0.15) is 0 Å². The van der Waals surface area contributed by atoms with Crippen LogP contribution in [0.5, 0.6) is 0 Å². The summed E-state index contributed by atoms with van der Waals surface area (Å²) in [5.41, 5.74) is 3.37. The minimum atomic E-state index is 0.168. The summed E-state index contributed by atoms with van der Waals surface area (Å²) >= 11 is 0. The zero-order valence-electron chi connectivity index (χ0n) is 11.5. The highest BCUT2D eigenvalue weighted by Crippen LogP contribution is 2.16. The second-order valence-corrected chi connectivity index (χ2v) is 4.73. The molecule has 100 valence electrons. The van der Waals surface area contributed by atoms with E-state index in [9.17, 15) is 0 Å². The van der Waals surface area contributed by atoms with Crippen molar-refractivity contribution in [1.29, 1.82) is 0 Å². The number of hydrogen-bond acceptors (Lipinski definition) is 3. The normalized spacial score (nSPS) is 10.5. The standard InChI is InChI=1S/C16H20N2O/c1-13-15(10-11-19)8-9-16(17-13)18(2)12-14-6-4-3-5-7-14/h3-9,19H,10-12H2,1-2H3. The fourth-order valence-electron chi connectivity index (χ4n) is 2.11. The Balaban J connectivity index is 2.11. The Morgan fingerprint density at radius 1 is 1.11 bits per heavy atom. The first kappa shape index (κ1) is 13.6. The Labute approximate surface area is 114 Å². The van der Waals surface area contributed by atoms with Crippen LogP contribution in [0, 0.1) is 6.92 Å². The van der Waals surface area contributed by atoms with E-state index in [2.05, 4.69) is 28.1 Å². The van der Waals surface area contributed by atoms with E-state index in [4.69, 9.17) is 5.11 Å². The van der Waals surface area contributed by atoms with Gasteiger partial charge in [0.1, 0.15) is 5.82 Å². The van der Waals surface area contributed by atoms with Crippen LogP contribution >= 0.6 is 0 Å². The van der Waals surface area contributed by atoms with E-state index in [0.29, 0.717) is 6.42 Å². The molecular formula is C16H20N2O. The Kier molecular flexibility index (Phi) is 4.53. The number of nitrogens with zero attached hydrogens (tertiary/aromatic N) is 2. The van der Waals surface area contributed by atoms with E-state index >= 15 is 0 Å². The van der Waals surface area contributed by atoms with Crippen LogP contribution in [0.25, 0.3) is 0 Å². The second kappa shape index (κ2) is 6.34. The molecular weight excluding hydrogens is 236 g/mol. The smallest absolute Gasteiger partial charge is 0.128 e. The molecule has 0 atom stereocenters. The van der Waals surface area contributed by atoms with Crippen molar-refractivity contribution in [2.24, 2.45) is 0 Å². The third kappa shape index (κ3) is 3.55. The number of benzene rings is 1. The summed E-state index contributed by atoms with van der Waals surface area (Å²) in [6.07, 6.45) is 0.668. The minimum Gasteiger partial charge on any atom is -0.396 e. The van der Waals surface area contributed by atoms with Crippen molar-refractivity contribution in [1.82, 2.24) is 4.98 Å². The summed E-state index contributed by atoms with van der Waals surface area (Å²) in [6, 6.07) is 14.4. The van der Waals surface area contributed by atoms with Crippen LogP contribution in [0.1, 0.15) is 16.8 Å². The topological polar surface area (TPSA) is 36.4 Å². The number of rotatable bonds is 5. The van der Waals surface area contributed by atoms with Crippen molar-refractivity contribution in [3.05, 3.63) is 59.3 Å². The molecule has 0 fully saturated rings. The molecule has 0 bridgehead atoms. The number of hydrogen-bond donors (Lipinski definition) is 1. The quantitative estimate of drug-likeness (QED) is 0.893. The van der Waals surface area contributed by atoms with Crippen LogP contribution in [0.3, 0.4) is 0 Å². The Morgan fingerprint density at radius 3 is 2.47 bits per heavy atom. The lowest BCUT2D eigenvalue weighted by molar-refractivity contribution is 0.299. The van der Waals surface area contributed by atoms with Crippen molar-refractivity contribution < 1.29 is 5.11 Å². The molecule has 2 rings (SSSR count). The van der Waals surface area contributed by atoms with Gasteiger partial charge in [0.25, 0.3) is 0 Å². The number of aliphatic hydroxyl groups excluding tert-OH is 1. The number of pyridine rings is 1. The summed E-state index contributed by atoms with van der Waals surface area (Å²) in [6.45, 7) is 3.00. The third-order valence-electron chi connectivity index (χ3n) is 3.22. The number of aromatic nitrogens is 1. The van der Waals surface area contributed by atoms with E-state index in [0.717, 1.165) is 23.6 Å². The van der Waals surface area contributed by atoms with Crippen LogP contribution in [-0.4, -0.2) is 23.7 Å². The summed E-state index contributed by atoms with van der Waals surface area (Å²) in [4.78, 5) is 6.73. The minimum absolute atomic E-state index is 0.168. The average molecular weight is 256 g/mol. The molecule has 1 heterocycles. The van der Waals surface area contributed by atoms with Crippen LogP contribution < -0.4 is 4.90 Å². The highest BCUT2D eigenvalue weighted by Gasteiger charge is 2.06. The molecule has 19 heavy (non-hydrogen) atoms. The van der Waals surface area contributed by atoms with Gasteiger partial charge in [-0.15, -0.1) is 0 Å². The fraction of sp³-hybridized carbons (Fsp3) is 0.312. The van der Waals surface area contributed by atoms with E-state index in [1.807, 2.05) is 38.2 Å². The average Bonchev–Trinajstić information content (AvgIpc) is 2.42. The molecule has 1 N–H and O–H groups in total. The van der Waals surface area contributed by atoms with Gasteiger partial charge in [0.05, 0.1) is 0 Å². The van der Waals surface area contributed by atoms with Crippen molar-refractivity contribution in [2.45, 2.75) is 19.9 Å². The summed E-state index contributed by atoms with van der Waals surface area (Å²) in [7, 11) is 2.04. The molecule has 1 aromatic heterocycles. The van der Waals surface area contributed by atoms with Crippen molar-refractivity contribution in [3.63, 3.8) is 0 Å². The van der Waals surface area contributed by atoms with Crippen LogP contribution in [0.2, 0.25) is 0 Å². The first-order valence-electron chi connectivity index (χ1n) is 6.53. The maximum absolute atomic E-state index is 8.98. The first-order chi connectivity index (χ1) is 9.20. The summed E-state index contributed by atoms with van der Waals surface area (Å²) < 4.78 is 0. The number of aryl methyl sites for hydroxylation is 1. The molecule has 0 saturated carbocycles. The lowest BCUT2D eigenvalue weighted by Gasteiger charge is -2.19. The fourth-order valence-corrected chi connectivity index (χ4v) is 2.11. The largest absolute Gasteiger partial charge is 0.396 e. The van der Waals surface area contributed by atoms with Gasteiger partial charge in [0.15, 0.2) is 0 Å². The van der Waals surface area contributed by atoms with Gasteiger partial charge in [0.2, 0.25) is 0 Å². The van der Waals surface area contributed by atoms with Gasteiger partial charge >= 0.3 is 0 Å². The monoisotopic (exact) mass is 256 g/mol. The van der Waals surface area contributed by atoms with E-state index in [1.54, 1.807) is 0 Å². The van der Waals surface area contributed by atoms with Gasteiger partial charge in [-0.1, -0.05) is 36.4 Å². The summed E-state index contributed by atoms with van der Waals surface area (Å²) in [5, 5.41) is 8.98. The first-order valence-corrected chi connectivity index (χ1v) is 6.53. The van der Waals surface area contributed by atoms with Crippen LogP contribution in [-0.2, 0) is 13.0 Å². The molecule has 0 aliphatic heterocycles.